The fourth-order valence-electron chi connectivity index (χ4n) is 1.93. The Bertz CT molecular complexity index is 437. The van der Waals surface area contributed by atoms with E-state index in [1.807, 2.05) is 38.9 Å². The summed E-state index contributed by atoms with van der Waals surface area (Å²) in [6, 6.07) is 5.32. The van der Waals surface area contributed by atoms with Crippen molar-refractivity contribution < 1.29 is 9.59 Å². The van der Waals surface area contributed by atoms with Gasteiger partial charge in [-0.3, -0.25) is 9.59 Å². The lowest BCUT2D eigenvalue weighted by molar-refractivity contribution is 0.0770. The molecule has 0 spiro atoms. The minimum absolute atomic E-state index is 0.0913. The van der Waals surface area contributed by atoms with Gasteiger partial charge in [0.25, 0.3) is 5.91 Å². The summed E-state index contributed by atoms with van der Waals surface area (Å²) in [5.41, 5.74) is 1.70. The van der Waals surface area contributed by atoms with Crippen molar-refractivity contribution in [2.45, 2.75) is 13.8 Å². The molecule has 0 aliphatic heterocycles. The van der Waals surface area contributed by atoms with Crippen molar-refractivity contribution in [3.63, 3.8) is 0 Å². The monoisotopic (exact) mass is 248 g/mol. The summed E-state index contributed by atoms with van der Waals surface area (Å²) >= 11 is 0. The van der Waals surface area contributed by atoms with Crippen LogP contribution in [0.15, 0.2) is 18.2 Å². The van der Waals surface area contributed by atoms with Crippen LogP contribution in [0.25, 0.3) is 0 Å². The summed E-state index contributed by atoms with van der Waals surface area (Å²) in [6.07, 6.45) is 0.740. The molecule has 0 bridgehead atoms. The number of hydrogen-bond acceptors (Lipinski definition) is 3. The van der Waals surface area contributed by atoms with E-state index in [9.17, 15) is 9.59 Å². The first kappa shape index (κ1) is 14.2. The molecular formula is C14H20N2O2. The van der Waals surface area contributed by atoms with Gasteiger partial charge in [-0.25, -0.2) is 0 Å². The van der Waals surface area contributed by atoms with Crippen LogP contribution >= 0.6 is 0 Å². The second kappa shape index (κ2) is 6.19. The molecule has 1 aromatic rings. The molecule has 1 rings (SSSR count). The maximum Gasteiger partial charge on any atom is 0.256 e. The Morgan fingerprint density at radius 3 is 2.28 bits per heavy atom. The van der Waals surface area contributed by atoms with Gasteiger partial charge in [0.05, 0.1) is 5.56 Å². The molecule has 0 fully saturated rings. The van der Waals surface area contributed by atoms with Crippen molar-refractivity contribution in [1.82, 2.24) is 4.90 Å². The number of anilines is 1. The van der Waals surface area contributed by atoms with Crippen LogP contribution in [0.2, 0.25) is 0 Å². The summed E-state index contributed by atoms with van der Waals surface area (Å²) in [4.78, 5) is 27.1. The molecule has 1 aromatic carbocycles. The van der Waals surface area contributed by atoms with Gasteiger partial charge in [0.15, 0.2) is 6.29 Å². The number of hydrogen-bond donors (Lipinski definition) is 0. The highest BCUT2D eigenvalue weighted by Crippen LogP contribution is 2.23. The van der Waals surface area contributed by atoms with Crippen molar-refractivity contribution >= 4 is 17.9 Å². The van der Waals surface area contributed by atoms with E-state index in [0.717, 1.165) is 12.0 Å². The van der Waals surface area contributed by atoms with Crippen molar-refractivity contribution in [2.75, 3.05) is 32.1 Å². The van der Waals surface area contributed by atoms with Crippen LogP contribution in [0.1, 0.15) is 34.6 Å². The molecule has 98 valence electrons. The van der Waals surface area contributed by atoms with E-state index in [0.29, 0.717) is 24.2 Å². The minimum Gasteiger partial charge on any atom is -0.377 e. The van der Waals surface area contributed by atoms with E-state index < -0.39 is 0 Å². The Labute approximate surface area is 108 Å². The molecule has 0 N–H and O–H groups in total. The van der Waals surface area contributed by atoms with Crippen LogP contribution in [0.4, 0.5) is 5.69 Å². The third kappa shape index (κ3) is 2.70. The van der Waals surface area contributed by atoms with E-state index in [2.05, 4.69) is 0 Å². The fourth-order valence-corrected chi connectivity index (χ4v) is 1.93. The van der Waals surface area contributed by atoms with E-state index >= 15 is 0 Å². The van der Waals surface area contributed by atoms with Crippen molar-refractivity contribution in [3.05, 3.63) is 29.3 Å². The standard InChI is InChI=1S/C14H20N2O2/c1-5-16(6-2)14(18)13-11(10-17)8-7-9-12(13)15(3)4/h7-10H,5-6H2,1-4H3. The highest BCUT2D eigenvalue weighted by Gasteiger charge is 2.20. The van der Waals surface area contributed by atoms with Crippen LogP contribution in [-0.4, -0.2) is 44.3 Å². The minimum atomic E-state index is -0.0913. The first-order valence-electron chi connectivity index (χ1n) is 6.11. The van der Waals surface area contributed by atoms with Crippen LogP contribution in [0.3, 0.4) is 0 Å². The van der Waals surface area contributed by atoms with Crippen molar-refractivity contribution in [1.29, 1.82) is 0 Å². The van der Waals surface area contributed by atoms with Gasteiger partial charge in [-0.1, -0.05) is 12.1 Å². The molecule has 0 radical (unpaired) electrons. The second-order valence-electron chi connectivity index (χ2n) is 4.23. The lowest BCUT2D eigenvalue weighted by atomic mass is 10.0. The van der Waals surface area contributed by atoms with Gasteiger partial charge < -0.3 is 9.80 Å². The summed E-state index contributed by atoms with van der Waals surface area (Å²) in [5.74, 6) is -0.0913. The maximum atomic E-state index is 12.5. The zero-order valence-corrected chi connectivity index (χ0v) is 11.4. The van der Waals surface area contributed by atoms with Crippen LogP contribution < -0.4 is 4.90 Å². The molecule has 4 nitrogen and oxygen atoms in total. The van der Waals surface area contributed by atoms with Crippen LogP contribution in [0.5, 0.6) is 0 Å². The smallest absolute Gasteiger partial charge is 0.256 e. The molecule has 0 saturated heterocycles. The van der Waals surface area contributed by atoms with Crippen LogP contribution in [0, 0.1) is 0 Å². The molecule has 0 atom stereocenters. The van der Waals surface area contributed by atoms with Gasteiger partial charge in [0, 0.05) is 38.4 Å². The van der Waals surface area contributed by atoms with E-state index in [-0.39, 0.29) is 5.91 Å². The van der Waals surface area contributed by atoms with Gasteiger partial charge in [0.1, 0.15) is 0 Å². The number of carbonyl (C=O) groups is 2. The number of carbonyl (C=O) groups excluding carboxylic acids is 2. The molecule has 0 heterocycles. The van der Waals surface area contributed by atoms with Crippen molar-refractivity contribution in [3.8, 4) is 0 Å². The molecule has 1 amide bonds. The number of amides is 1. The molecule has 18 heavy (non-hydrogen) atoms. The Morgan fingerprint density at radius 1 is 1.22 bits per heavy atom. The zero-order chi connectivity index (χ0) is 13.7. The van der Waals surface area contributed by atoms with E-state index in [4.69, 9.17) is 0 Å². The van der Waals surface area contributed by atoms with E-state index in [1.165, 1.54) is 0 Å². The topological polar surface area (TPSA) is 40.6 Å². The van der Waals surface area contributed by atoms with Gasteiger partial charge in [-0.15, -0.1) is 0 Å². The first-order chi connectivity index (χ1) is 8.56. The summed E-state index contributed by atoms with van der Waals surface area (Å²) in [5, 5.41) is 0. The molecular weight excluding hydrogens is 228 g/mol. The second-order valence-corrected chi connectivity index (χ2v) is 4.23. The normalized spacial score (nSPS) is 10.0. The highest BCUT2D eigenvalue weighted by atomic mass is 16.2. The molecule has 0 aliphatic rings. The Hall–Kier alpha value is -1.84. The average molecular weight is 248 g/mol. The quantitative estimate of drug-likeness (QED) is 0.749. The predicted molar refractivity (Wildman–Crippen MR) is 73.4 cm³/mol. The molecule has 0 aromatic heterocycles. The van der Waals surface area contributed by atoms with Crippen molar-refractivity contribution in [2.24, 2.45) is 0 Å². The zero-order valence-electron chi connectivity index (χ0n) is 11.4. The van der Waals surface area contributed by atoms with Gasteiger partial charge in [-0.2, -0.15) is 0 Å². The number of aldehydes is 1. The SMILES string of the molecule is CCN(CC)C(=O)c1c(C=O)cccc1N(C)C. The van der Waals surface area contributed by atoms with Gasteiger partial charge in [-0.05, 0) is 19.9 Å². The lowest BCUT2D eigenvalue weighted by Gasteiger charge is -2.24. The average Bonchev–Trinajstić information content (AvgIpc) is 2.38. The Kier molecular flexibility index (Phi) is 4.89. The van der Waals surface area contributed by atoms with E-state index in [1.54, 1.807) is 17.0 Å². The third-order valence-corrected chi connectivity index (χ3v) is 2.95. The summed E-state index contributed by atoms with van der Waals surface area (Å²) in [6.45, 7) is 5.13. The Balaban J connectivity index is 3.35. The first-order valence-corrected chi connectivity index (χ1v) is 6.11. The molecule has 0 unspecified atom stereocenters. The lowest BCUT2D eigenvalue weighted by Crippen LogP contribution is -2.32. The summed E-state index contributed by atoms with van der Waals surface area (Å²) in [7, 11) is 3.73. The molecule has 4 heteroatoms. The van der Waals surface area contributed by atoms with Crippen LogP contribution in [-0.2, 0) is 0 Å². The predicted octanol–water partition coefficient (Wildman–Crippen LogP) is 2.05. The molecule has 0 saturated carbocycles. The maximum absolute atomic E-state index is 12.5. The molecule has 0 aliphatic carbocycles. The Morgan fingerprint density at radius 2 is 1.83 bits per heavy atom. The largest absolute Gasteiger partial charge is 0.377 e. The van der Waals surface area contributed by atoms with Gasteiger partial charge >= 0.3 is 0 Å². The number of nitrogens with zero attached hydrogens (tertiary/aromatic N) is 2. The van der Waals surface area contributed by atoms with Gasteiger partial charge in [0.2, 0.25) is 0 Å². The number of rotatable bonds is 5. The third-order valence-electron chi connectivity index (χ3n) is 2.95. The fraction of sp³-hybridized carbons (Fsp3) is 0.429. The highest BCUT2D eigenvalue weighted by molar-refractivity contribution is 6.06. The number of benzene rings is 1. The summed E-state index contributed by atoms with van der Waals surface area (Å²) < 4.78 is 0.